The van der Waals surface area contributed by atoms with Gasteiger partial charge in [-0.05, 0) is 68.2 Å². The van der Waals surface area contributed by atoms with Crippen LogP contribution in [0.25, 0.3) is 0 Å². The molecule has 2 aromatic heterocycles. The third-order valence-electron chi connectivity index (χ3n) is 6.26. The van der Waals surface area contributed by atoms with Crippen molar-refractivity contribution in [1.82, 2.24) is 14.6 Å². The Morgan fingerprint density at radius 3 is 2.82 bits per heavy atom. The van der Waals surface area contributed by atoms with Gasteiger partial charge >= 0.3 is 0 Å². The summed E-state index contributed by atoms with van der Waals surface area (Å²) in [6.45, 7) is 0.631. The minimum atomic E-state index is -3.57. The molecular formula is C20H23N3O3S2. The standard InChI is InChI=1S/C20H23N3O3S2/c24-20(19-9-13-4-1-2-6-18(13)27-19)23-12-14-8-15(23)10-17(14)22-28(25,26)16-5-3-7-21-11-16/h3,5,7,9,11,14-15,17,22H,1-2,4,6,8,10,12H2. The molecular weight excluding hydrogens is 394 g/mol. The van der Waals surface area contributed by atoms with Crippen LogP contribution in [-0.4, -0.2) is 42.8 Å². The van der Waals surface area contributed by atoms with Crippen LogP contribution in [0.3, 0.4) is 0 Å². The topological polar surface area (TPSA) is 79.4 Å². The second-order valence-corrected chi connectivity index (χ2v) is 10.9. The second kappa shape index (κ2) is 6.93. The highest BCUT2D eigenvalue weighted by molar-refractivity contribution is 7.89. The highest BCUT2D eigenvalue weighted by Gasteiger charge is 2.48. The lowest BCUT2D eigenvalue weighted by Crippen LogP contribution is -2.47. The number of carbonyl (C=O) groups excluding carboxylic acids is 1. The summed E-state index contributed by atoms with van der Waals surface area (Å²) in [5.74, 6) is 0.301. The number of fused-ring (bicyclic) bond motifs is 3. The van der Waals surface area contributed by atoms with Crippen molar-refractivity contribution >= 4 is 27.3 Å². The normalized spacial score (nSPS) is 26.4. The summed E-state index contributed by atoms with van der Waals surface area (Å²) < 4.78 is 28.0. The van der Waals surface area contributed by atoms with Gasteiger partial charge < -0.3 is 4.90 Å². The van der Waals surface area contributed by atoms with E-state index in [2.05, 4.69) is 15.8 Å². The van der Waals surface area contributed by atoms with Crippen molar-refractivity contribution in [3.63, 3.8) is 0 Å². The Hall–Kier alpha value is -1.77. The first-order valence-corrected chi connectivity index (χ1v) is 12.2. The predicted molar refractivity (Wildman–Crippen MR) is 107 cm³/mol. The van der Waals surface area contributed by atoms with Crippen molar-refractivity contribution in [3.05, 3.63) is 45.9 Å². The van der Waals surface area contributed by atoms with Gasteiger partial charge in [-0.2, -0.15) is 0 Å². The molecule has 148 valence electrons. The molecule has 2 aliphatic carbocycles. The summed E-state index contributed by atoms with van der Waals surface area (Å²) in [4.78, 5) is 21.3. The van der Waals surface area contributed by atoms with Crippen molar-refractivity contribution in [2.75, 3.05) is 6.54 Å². The largest absolute Gasteiger partial charge is 0.335 e. The lowest BCUT2D eigenvalue weighted by Gasteiger charge is -2.31. The molecule has 5 rings (SSSR count). The number of sulfonamides is 1. The van der Waals surface area contributed by atoms with E-state index in [1.165, 1.54) is 29.5 Å². The highest BCUT2D eigenvalue weighted by atomic mass is 32.2. The first kappa shape index (κ1) is 18.3. The second-order valence-electron chi connectivity index (χ2n) is 8.03. The van der Waals surface area contributed by atoms with Gasteiger partial charge in [0.05, 0.1) is 4.88 Å². The van der Waals surface area contributed by atoms with E-state index in [0.29, 0.717) is 13.0 Å². The van der Waals surface area contributed by atoms with Crippen LogP contribution in [0.4, 0.5) is 0 Å². The van der Waals surface area contributed by atoms with E-state index in [1.54, 1.807) is 29.7 Å². The molecule has 2 fully saturated rings. The highest BCUT2D eigenvalue weighted by Crippen LogP contribution is 2.40. The van der Waals surface area contributed by atoms with Gasteiger partial charge in [0.25, 0.3) is 5.91 Å². The lowest BCUT2D eigenvalue weighted by molar-refractivity contribution is 0.0696. The number of pyridine rings is 1. The Morgan fingerprint density at radius 2 is 2.11 bits per heavy atom. The van der Waals surface area contributed by atoms with Crippen LogP contribution in [-0.2, 0) is 22.9 Å². The molecule has 8 heteroatoms. The average molecular weight is 418 g/mol. The fraction of sp³-hybridized carbons (Fsp3) is 0.500. The van der Waals surface area contributed by atoms with Gasteiger partial charge in [0.1, 0.15) is 4.90 Å². The number of likely N-dealkylation sites (tertiary alicyclic amines) is 1. The van der Waals surface area contributed by atoms with Crippen LogP contribution in [0.5, 0.6) is 0 Å². The van der Waals surface area contributed by atoms with E-state index in [0.717, 1.165) is 24.1 Å². The molecule has 1 aliphatic heterocycles. The average Bonchev–Trinajstić information content (AvgIpc) is 3.41. The molecule has 0 spiro atoms. The Kier molecular flexibility index (Phi) is 4.52. The number of nitrogens with one attached hydrogen (secondary N) is 1. The first-order valence-electron chi connectivity index (χ1n) is 9.86. The van der Waals surface area contributed by atoms with Crippen molar-refractivity contribution < 1.29 is 13.2 Å². The smallest absolute Gasteiger partial charge is 0.264 e. The number of aromatic nitrogens is 1. The molecule has 1 saturated heterocycles. The molecule has 0 aromatic carbocycles. The molecule has 1 N–H and O–H groups in total. The quantitative estimate of drug-likeness (QED) is 0.829. The van der Waals surface area contributed by atoms with Gasteiger partial charge in [0.2, 0.25) is 10.0 Å². The number of hydrogen-bond acceptors (Lipinski definition) is 5. The molecule has 2 bridgehead atoms. The van der Waals surface area contributed by atoms with Crippen LogP contribution >= 0.6 is 11.3 Å². The van der Waals surface area contributed by atoms with Crippen molar-refractivity contribution in [2.45, 2.75) is 55.5 Å². The molecule has 1 saturated carbocycles. The van der Waals surface area contributed by atoms with E-state index in [-0.39, 0.29) is 28.8 Å². The van der Waals surface area contributed by atoms with Gasteiger partial charge in [0, 0.05) is 35.9 Å². The number of amides is 1. The maximum absolute atomic E-state index is 13.1. The molecule has 2 aromatic rings. The third kappa shape index (κ3) is 3.17. The van der Waals surface area contributed by atoms with E-state index in [4.69, 9.17) is 0 Å². The maximum atomic E-state index is 13.1. The zero-order valence-corrected chi connectivity index (χ0v) is 17.1. The maximum Gasteiger partial charge on any atom is 0.264 e. The van der Waals surface area contributed by atoms with Crippen LogP contribution in [0, 0.1) is 5.92 Å². The summed E-state index contributed by atoms with van der Waals surface area (Å²) in [7, 11) is -3.57. The molecule has 6 nitrogen and oxygen atoms in total. The number of hydrogen-bond donors (Lipinski definition) is 1. The summed E-state index contributed by atoms with van der Waals surface area (Å²) in [6.07, 6.45) is 9.09. The Labute approximate surface area is 169 Å². The van der Waals surface area contributed by atoms with Gasteiger partial charge in [-0.3, -0.25) is 9.78 Å². The number of nitrogens with zero attached hydrogens (tertiary/aromatic N) is 2. The lowest BCUT2D eigenvalue weighted by atomic mass is 9.99. The van der Waals surface area contributed by atoms with E-state index >= 15 is 0 Å². The third-order valence-corrected chi connectivity index (χ3v) is 8.96. The van der Waals surface area contributed by atoms with E-state index in [9.17, 15) is 13.2 Å². The predicted octanol–water partition coefficient (Wildman–Crippen LogP) is 2.60. The van der Waals surface area contributed by atoms with Crippen LogP contribution in [0.15, 0.2) is 35.5 Å². The summed E-state index contributed by atoms with van der Waals surface area (Å²) in [5.41, 5.74) is 1.35. The Bertz CT molecular complexity index is 979. The molecule has 3 heterocycles. The molecule has 28 heavy (non-hydrogen) atoms. The Morgan fingerprint density at radius 1 is 1.25 bits per heavy atom. The monoisotopic (exact) mass is 417 g/mol. The number of carbonyl (C=O) groups is 1. The van der Waals surface area contributed by atoms with Gasteiger partial charge in [-0.1, -0.05) is 0 Å². The summed E-state index contributed by atoms with van der Waals surface area (Å²) in [6, 6.07) is 5.28. The van der Waals surface area contributed by atoms with Gasteiger partial charge in [-0.15, -0.1) is 11.3 Å². The van der Waals surface area contributed by atoms with Crippen LogP contribution in [0.2, 0.25) is 0 Å². The molecule has 0 radical (unpaired) electrons. The zero-order chi connectivity index (χ0) is 19.3. The number of rotatable bonds is 4. The van der Waals surface area contributed by atoms with Crippen LogP contribution in [0.1, 0.15) is 45.8 Å². The summed E-state index contributed by atoms with van der Waals surface area (Å²) in [5, 5.41) is 0. The number of aryl methyl sites for hydroxylation is 2. The van der Waals surface area contributed by atoms with E-state index in [1.807, 2.05) is 4.90 Å². The van der Waals surface area contributed by atoms with Crippen molar-refractivity contribution in [3.8, 4) is 0 Å². The minimum absolute atomic E-state index is 0.115. The molecule has 3 atom stereocenters. The molecule has 3 aliphatic rings. The van der Waals surface area contributed by atoms with Gasteiger partial charge in [0.15, 0.2) is 0 Å². The Balaban J connectivity index is 1.27. The zero-order valence-electron chi connectivity index (χ0n) is 15.5. The van der Waals surface area contributed by atoms with Crippen LogP contribution < -0.4 is 4.72 Å². The molecule has 1 amide bonds. The SMILES string of the molecule is O=C(c1cc2c(s1)CCCC2)N1CC2CC1CC2NS(=O)(=O)c1cccnc1. The van der Waals surface area contributed by atoms with E-state index < -0.39 is 10.0 Å². The van der Waals surface area contributed by atoms with Crippen molar-refractivity contribution in [2.24, 2.45) is 5.92 Å². The van der Waals surface area contributed by atoms with Gasteiger partial charge in [-0.25, -0.2) is 13.1 Å². The fourth-order valence-corrected chi connectivity index (χ4v) is 7.35. The minimum Gasteiger partial charge on any atom is -0.335 e. The molecule has 3 unspecified atom stereocenters. The number of thiophene rings is 1. The van der Waals surface area contributed by atoms with Crippen molar-refractivity contribution in [1.29, 1.82) is 0 Å². The number of piperidine rings is 1. The first-order chi connectivity index (χ1) is 13.5. The summed E-state index contributed by atoms with van der Waals surface area (Å²) >= 11 is 1.66. The fourth-order valence-electron chi connectivity index (χ4n) is 4.86.